The molecular formula is C18H11N3O3S. The lowest BCUT2D eigenvalue weighted by Gasteiger charge is -2.09. The smallest absolute Gasteiger partial charge is 0.269 e. The van der Waals surface area contributed by atoms with E-state index in [-0.39, 0.29) is 5.69 Å². The summed E-state index contributed by atoms with van der Waals surface area (Å²) in [6.07, 6.45) is 0. The molecule has 0 saturated heterocycles. The lowest BCUT2D eigenvalue weighted by atomic mass is 10.2. The Morgan fingerprint density at radius 1 is 0.960 bits per heavy atom. The molecule has 0 unspecified atom stereocenters. The molecule has 0 atom stereocenters. The fourth-order valence-electron chi connectivity index (χ4n) is 2.39. The quantitative estimate of drug-likeness (QED) is 0.380. The molecule has 122 valence electrons. The first-order valence-electron chi connectivity index (χ1n) is 7.44. The van der Waals surface area contributed by atoms with Gasteiger partial charge in [-0.25, -0.2) is 4.98 Å². The fraction of sp³-hybridized carbons (Fsp3) is 0. The second-order valence-electron chi connectivity index (χ2n) is 5.20. The molecule has 2 aromatic heterocycles. The second-order valence-corrected chi connectivity index (χ2v) is 6.15. The van der Waals surface area contributed by atoms with Gasteiger partial charge in [0.25, 0.3) is 5.69 Å². The van der Waals surface area contributed by atoms with Crippen molar-refractivity contribution in [3.05, 3.63) is 76.2 Å². The van der Waals surface area contributed by atoms with Gasteiger partial charge >= 0.3 is 0 Å². The molecule has 0 aliphatic carbocycles. The van der Waals surface area contributed by atoms with Crippen LogP contribution in [0.3, 0.4) is 0 Å². The fourth-order valence-corrected chi connectivity index (χ4v) is 3.05. The van der Waals surface area contributed by atoms with E-state index in [1.807, 2.05) is 41.8 Å². The molecule has 7 heteroatoms. The molecule has 0 aliphatic rings. The zero-order valence-corrected chi connectivity index (χ0v) is 13.6. The molecule has 2 heterocycles. The Morgan fingerprint density at radius 3 is 2.48 bits per heavy atom. The predicted molar refractivity (Wildman–Crippen MR) is 96.0 cm³/mol. The van der Waals surface area contributed by atoms with Crippen LogP contribution in [-0.2, 0) is 0 Å². The third-order valence-electron chi connectivity index (χ3n) is 3.57. The van der Waals surface area contributed by atoms with Gasteiger partial charge in [-0.1, -0.05) is 18.2 Å². The molecule has 2 aromatic carbocycles. The molecular weight excluding hydrogens is 338 g/mol. The molecule has 0 aliphatic heterocycles. The number of nitrogens with zero attached hydrogens (tertiary/aromatic N) is 3. The number of fused-ring (bicyclic) bond motifs is 1. The van der Waals surface area contributed by atoms with Crippen molar-refractivity contribution in [3.8, 4) is 22.3 Å². The highest BCUT2D eigenvalue weighted by Gasteiger charge is 2.12. The SMILES string of the molecule is O=[N+]([O-])c1ccc(Oc2nc(-c3cccs3)nc3ccccc23)cc1. The number of hydrogen-bond donors (Lipinski definition) is 0. The van der Waals surface area contributed by atoms with Gasteiger partial charge in [-0.3, -0.25) is 10.1 Å². The number of nitro benzene ring substituents is 1. The standard InChI is InChI=1S/C18H11N3O3S/c22-21(23)12-7-9-13(10-8-12)24-18-14-4-1-2-5-15(14)19-17(20-18)16-6-3-11-25-16/h1-11H. The highest BCUT2D eigenvalue weighted by molar-refractivity contribution is 7.13. The van der Waals surface area contributed by atoms with Crippen molar-refractivity contribution in [3.63, 3.8) is 0 Å². The van der Waals surface area contributed by atoms with Crippen LogP contribution in [0.15, 0.2) is 66.0 Å². The molecule has 0 saturated carbocycles. The van der Waals surface area contributed by atoms with E-state index in [9.17, 15) is 10.1 Å². The first-order chi connectivity index (χ1) is 12.2. The van der Waals surface area contributed by atoms with Gasteiger partial charge in [0.05, 0.1) is 20.7 Å². The third kappa shape index (κ3) is 3.05. The molecule has 6 nitrogen and oxygen atoms in total. The maximum atomic E-state index is 10.8. The Balaban J connectivity index is 1.78. The van der Waals surface area contributed by atoms with Crippen LogP contribution in [0, 0.1) is 10.1 Å². The van der Waals surface area contributed by atoms with Crippen molar-refractivity contribution in [2.45, 2.75) is 0 Å². The summed E-state index contributed by atoms with van der Waals surface area (Å²) in [6, 6.07) is 17.4. The van der Waals surface area contributed by atoms with Crippen molar-refractivity contribution in [2.75, 3.05) is 0 Å². The first kappa shape index (κ1) is 15.2. The van der Waals surface area contributed by atoms with E-state index in [4.69, 9.17) is 4.74 Å². The zero-order chi connectivity index (χ0) is 17.2. The van der Waals surface area contributed by atoms with E-state index >= 15 is 0 Å². The Bertz CT molecular complexity index is 1050. The maximum absolute atomic E-state index is 10.8. The summed E-state index contributed by atoms with van der Waals surface area (Å²) in [6.45, 7) is 0. The highest BCUT2D eigenvalue weighted by Crippen LogP contribution is 2.31. The van der Waals surface area contributed by atoms with E-state index in [0.29, 0.717) is 17.5 Å². The Kier molecular flexibility index (Phi) is 3.83. The molecule has 0 N–H and O–H groups in total. The van der Waals surface area contributed by atoms with E-state index in [2.05, 4.69) is 9.97 Å². The number of rotatable bonds is 4. The van der Waals surface area contributed by atoms with Gasteiger partial charge in [0.2, 0.25) is 5.88 Å². The number of para-hydroxylation sites is 1. The number of ether oxygens (including phenoxy) is 1. The van der Waals surface area contributed by atoms with Crippen LogP contribution in [0.1, 0.15) is 0 Å². The van der Waals surface area contributed by atoms with Crippen LogP contribution in [0.25, 0.3) is 21.6 Å². The Labute approximate surface area is 146 Å². The summed E-state index contributed by atoms with van der Waals surface area (Å²) in [5.74, 6) is 1.49. The second kappa shape index (κ2) is 6.29. The Hall–Kier alpha value is -3.32. The topological polar surface area (TPSA) is 78.2 Å². The van der Waals surface area contributed by atoms with Crippen molar-refractivity contribution in [2.24, 2.45) is 0 Å². The van der Waals surface area contributed by atoms with Crippen molar-refractivity contribution < 1.29 is 9.66 Å². The molecule has 4 aromatic rings. The van der Waals surface area contributed by atoms with E-state index in [1.165, 1.54) is 12.1 Å². The van der Waals surface area contributed by atoms with E-state index in [1.54, 1.807) is 23.5 Å². The molecule has 0 spiro atoms. The van der Waals surface area contributed by atoms with Crippen molar-refractivity contribution in [1.82, 2.24) is 9.97 Å². The summed E-state index contributed by atoms with van der Waals surface area (Å²) in [5, 5.41) is 13.5. The van der Waals surface area contributed by atoms with Crippen molar-refractivity contribution in [1.29, 1.82) is 0 Å². The minimum absolute atomic E-state index is 0.0131. The molecule has 0 amide bonds. The maximum Gasteiger partial charge on any atom is 0.269 e. The van der Waals surface area contributed by atoms with Gasteiger partial charge in [0, 0.05) is 12.1 Å². The number of nitro groups is 1. The predicted octanol–water partition coefficient (Wildman–Crippen LogP) is 5.06. The summed E-state index contributed by atoms with van der Waals surface area (Å²) >= 11 is 1.55. The lowest BCUT2D eigenvalue weighted by molar-refractivity contribution is -0.384. The summed E-state index contributed by atoms with van der Waals surface area (Å²) in [4.78, 5) is 20.4. The van der Waals surface area contributed by atoms with Crippen LogP contribution < -0.4 is 4.74 Å². The largest absolute Gasteiger partial charge is 0.438 e. The Morgan fingerprint density at radius 2 is 1.76 bits per heavy atom. The van der Waals surface area contributed by atoms with Crippen LogP contribution in [-0.4, -0.2) is 14.9 Å². The number of thiophene rings is 1. The van der Waals surface area contributed by atoms with Gasteiger partial charge < -0.3 is 4.74 Å². The van der Waals surface area contributed by atoms with E-state index < -0.39 is 4.92 Å². The lowest BCUT2D eigenvalue weighted by Crippen LogP contribution is -1.95. The summed E-state index contributed by atoms with van der Waals surface area (Å²) < 4.78 is 5.90. The molecule has 0 fully saturated rings. The van der Waals surface area contributed by atoms with Crippen molar-refractivity contribution >= 4 is 27.9 Å². The molecule has 4 rings (SSSR count). The number of benzene rings is 2. The van der Waals surface area contributed by atoms with E-state index in [0.717, 1.165) is 15.8 Å². The summed E-state index contributed by atoms with van der Waals surface area (Å²) in [7, 11) is 0. The number of non-ortho nitro benzene ring substituents is 1. The van der Waals surface area contributed by atoms with Crippen LogP contribution in [0.5, 0.6) is 11.6 Å². The van der Waals surface area contributed by atoms with Gasteiger partial charge in [-0.15, -0.1) is 11.3 Å². The average molecular weight is 349 g/mol. The van der Waals surface area contributed by atoms with Crippen LogP contribution in [0.4, 0.5) is 5.69 Å². The summed E-state index contributed by atoms with van der Waals surface area (Å²) in [5.41, 5.74) is 0.789. The van der Waals surface area contributed by atoms with Gasteiger partial charge in [0.1, 0.15) is 5.75 Å². The monoisotopic (exact) mass is 349 g/mol. The number of hydrogen-bond acceptors (Lipinski definition) is 6. The average Bonchev–Trinajstić information content (AvgIpc) is 3.17. The van der Waals surface area contributed by atoms with Crippen LogP contribution in [0.2, 0.25) is 0 Å². The normalized spacial score (nSPS) is 10.7. The minimum atomic E-state index is -0.446. The minimum Gasteiger partial charge on any atom is -0.438 e. The van der Waals surface area contributed by atoms with Gasteiger partial charge in [0.15, 0.2) is 5.82 Å². The molecule has 25 heavy (non-hydrogen) atoms. The molecule has 0 bridgehead atoms. The molecule has 0 radical (unpaired) electrons. The van der Waals surface area contributed by atoms with Gasteiger partial charge in [-0.05, 0) is 35.7 Å². The van der Waals surface area contributed by atoms with Gasteiger partial charge in [-0.2, -0.15) is 4.98 Å². The zero-order valence-electron chi connectivity index (χ0n) is 12.8. The first-order valence-corrected chi connectivity index (χ1v) is 8.31. The highest BCUT2D eigenvalue weighted by atomic mass is 32.1. The third-order valence-corrected chi connectivity index (χ3v) is 4.44. The number of aromatic nitrogens is 2. The van der Waals surface area contributed by atoms with Crippen LogP contribution >= 0.6 is 11.3 Å².